The molecule has 2 aliphatic rings. The Morgan fingerprint density at radius 2 is 1.35 bits per heavy atom. The number of ether oxygens (including phenoxy) is 5. The summed E-state index contributed by atoms with van der Waals surface area (Å²) in [5.74, 6) is -0.344. The first-order chi connectivity index (χ1) is 22.5. The molecule has 2 unspecified atom stereocenters. The summed E-state index contributed by atoms with van der Waals surface area (Å²) in [7, 11) is 1.67. The van der Waals surface area contributed by atoms with Gasteiger partial charge in [0, 0.05) is 33.5 Å². The second-order valence-electron chi connectivity index (χ2n) is 12.5. The first kappa shape index (κ1) is 32.0. The molecule has 240 valence electrons. The van der Waals surface area contributed by atoms with E-state index in [1.807, 2.05) is 32.0 Å². The van der Waals surface area contributed by atoms with Gasteiger partial charge in [0.25, 0.3) is 0 Å². The minimum Gasteiger partial charge on any atom is -0.457 e. The van der Waals surface area contributed by atoms with Crippen LogP contribution in [0.2, 0.25) is 0 Å². The minimum absolute atomic E-state index is 0.122. The van der Waals surface area contributed by atoms with Crippen molar-refractivity contribution in [2.75, 3.05) is 27.1 Å². The van der Waals surface area contributed by atoms with E-state index in [-0.39, 0.29) is 24.9 Å². The van der Waals surface area contributed by atoms with Crippen LogP contribution in [0, 0.1) is 5.92 Å². The summed E-state index contributed by atoms with van der Waals surface area (Å²) in [4.78, 5) is 2.53. The van der Waals surface area contributed by atoms with Gasteiger partial charge in [-0.3, -0.25) is 4.90 Å². The Morgan fingerprint density at radius 3 is 1.85 bits per heavy atom. The van der Waals surface area contributed by atoms with Gasteiger partial charge in [0.2, 0.25) is 5.79 Å². The van der Waals surface area contributed by atoms with Gasteiger partial charge in [0.1, 0.15) is 24.4 Å². The Bertz CT molecular complexity index is 1430. The number of rotatable bonds is 14. The summed E-state index contributed by atoms with van der Waals surface area (Å²) in [6.45, 7) is 6.17. The molecule has 0 spiro atoms. The molecule has 1 saturated heterocycles. The smallest absolute Gasteiger partial charge is 0.244 e. The molecule has 4 aromatic rings. The van der Waals surface area contributed by atoms with E-state index in [1.165, 1.54) is 5.56 Å². The van der Waals surface area contributed by atoms with E-state index >= 15 is 0 Å². The van der Waals surface area contributed by atoms with Crippen LogP contribution in [0.25, 0.3) is 0 Å². The quantitative estimate of drug-likeness (QED) is 0.106. The van der Waals surface area contributed by atoms with Crippen molar-refractivity contribution in [2.45, 2.75) is 56.8 Å². The molecule has 0 radical (unpaired) electrons. The lowest BCUT2D eigenvalue weighted by atomic mass is 9.80. The summed E-state index contributed by atoms with van der Waals surface area (Å²) in [6.07, 6.45) is 3.55. The predicted octanol–water partition coefficient (Wildman–Crippen LogP) is 7.89. The molecule has 0 amide bonds. The molecule has 6 heteroatoms. The monoisotopic (exact) mass is 619 g/mol. The van der Waals surface area contributed by atoms with Crippen LogP contribution in [0.15, 0.2) is 133 Å². The van der Waals surface area contributed by atoms with Gasteiger partial charge in [-0.2, -0.15) is 0 Å². The summed E-state index contributed by atoms with van der Waals surface area (Å²) in [5.41, 5.74) is 3.53. The number of hydrogen-bond donors (Lipinski definition) is 0. The fourth-order valence-corrected chi connectivity index (χ4v) is 6.90. The van der Waals surface area contributed by atoms with E-state index in [1.54, 1.807) is 13.4 Å². The van der Waals surface area contributed by atoms with Gasteiger partial charge in [-0.25, -0.2) is 0 Å². The maximum absolute atomic E-state index is 7.39. The van der Waals surface area contributed by atoms with E-state index in [4.69, 9.17) is 23.7 Å². The molecule has 6 rings (SSSR count). The molecular formula is C40H45NO5. The van der Waals surface area contributed by atoms with Crippen molar-refractivity contribution in [1.82, 2.24) is 4.90 Å². The van der Waals surface area contributed by atoms with E-state index in [0.717, 1.165) is 48.4 Å². The van der Waals surface area contributed by atoms with Crippen LogP contribution in [-0.4, -0.2) is 49.9 Å². The molecule has 1 fully saturated rings. The fraction of sp³-hybridized carbons (Fsp3) is 0.350. The van der Waals surface area contributed by atoms with Crippen LogP contribution in [0.5, 0.6) is 0 Å². The average molecular weight is 620 g/mol. The van der Waals surface area contributed by atoms with Crippen molar-refractivity contribution in [3.8, 4) is 0 Å². The third kappa shape index (κ3) is 7.06. The highest BCUT2D eigenvalue weighted by Gasteiger charge is 2.46. The molecule has 0 saturated carbocycles. The van der Waals surface area contributed by atoms with Crippen LogP contribution >= 0.6 is 0 Å². The van der Waals surface area contributed by atoms with Crippen LogP contribution in [-0.2, 0) is 35.8 Å². The summed E-state index contributed by atoms with van der Waals surface area (Å²) in [5, 5.41) is 0. The number of hydrogen-bond acceptors (Lipinski definition) is 6. The van der Waals surface area contributed by atoms with E-state index in [0.29, 0.717) is 6.61 Å². The van der Waals surface area contributed by atoms with Crippen LogP contribution in [0.3, 0.4) is 0 Å². The van der Waals surface area contributed by atoms with Gasteiger partial charge in [0.15, 0.2) is 0 Å². The second kappa shape index (κ2) is 14.7. The Morgan fingerprint density at radius 1 is 0.804 bits per heavy atom. The predicted molar refractivity (Wildman–Crippen MR) is 180 cm³/mol. The molecule has 0 bridgehead atoms. The molecular weight excluding hydrogens is 574 g/mol. The largest absolute Gasteiger partial charge is 0.457 e. The van der Waals surface area contributed by atoms with E-state index in [2.05, 4.69) is 108 Å². The zero-order chi connectivity index (χ0) is 31.8. The van der Waals surface area contributed by atoms with Gasteiger partial charge in [-0.05, 0) is 41.6 Å². The van der Waals surface area contributed by atoms with E-state index < -0.39 is 11.4 Å². The average Bonchev–Trinajstić information content (AvgIpc) is 3.71. The molecule has 46 heavy (non-hydrogen) atoms. The minimum atomic E-state index is -0.886. The number of methoxy groups -OCH3 is 1. The number of likely N-dealkylation sites (tertiary alicyclic amines) is 1. The topological polar surface area (TPSA) is 49.4 Å². The Kier molecular flexibility index (Phi) is 10.2. The lowest BCUT2D eigenvalue weighted by molar-refractivity contribution is -0.154. The molecule has 0 N–H and O–H groups in total. The molecule has 0 aliphatic carbocycles. The van der Waals surface area contributed by atoms with Crippen molar-refractivity contribution in [3.63, 3.8) is 0 Å². The molecule has 2 heterocycles. The highest BCUT2D eigenvalue weighted by Crippen LogP contribution is 2.43. The van der Waals surface area contributed by atoms with Crippen LogP contribution in [0.4, 0.5) is 0 Å². The van der Waals surface area contributed by atoms with E-state index in [9.17, 15) is 0 Å². The summed E-state index contributed by atoms with van der Waals surface area (Å²) >= 11 is 0. The Labute approximate surface area is 273 Å². The first-order valence-electron chi connectivity index (χ1n) is 16.3. The van der Waals surface area contributed by atoms with Crippen molar-refractivity contribution >= 4 is 0 Å². The van der Waals surface area contributed by atoms with Gasteiger partial charge >= 0.3 is 0 Å². The van der Waals surface area contributed by atoms with Gasteiger partial charge in [-0.1, -0.05) is 121 Å². The maximum Gasteiger partial charge on any atom is 0.244 e. The fourth-order valence-electron chi connectivity index (χ4n) is 6.90. The van der Waals surface area contributed by atoms with Gasteiger partial charge in [-0.15, -0.1) is 0 Å². The molecule has 3 atom stereocenters. The first-order valence-corrected chi connectivity index (χ1v) is 16.3. The highest BCUT2D eigenvalue weighted by molar-refractivity contribution is 5.47. The lowest BCUT2D eigenvalue weighted by Crippen LogP contribution is -2.48. The third-order valence-electron chi connectivity index (χ3n) is 9.01. The summed E-state index contributed by atoms with van der Waals surface area (Å²) in [6, 6.07) is 42.2. The van der Waals surface area contributed by atoms with Crippen molar-refractivity contribution in [3.05, 3.63) is 156 Å². The number of nitrogens with zero attached hydrogens (tertiary/aromatic N) is 1. The normalized spacial score (nSPS) is 19.2. The van der Waals surface area contributed by atoms with Crippen LogP contribution < -0.4 is 0 Å². The molecule has 6 nitrogen and oxygen atoms in total. The Hall–Kier alpha value is -3.94. The lowest BCUT2D eigenvalue weighted by Gasteiger charge is -2.40. The van der Waals surface area contributed by atoms with Gasteiger partial charge in [0.05, 0.1) is 18.6 Å². The summed E-state index contributed by atoms with van der Waals surface area (Å²) < 4.78 is 32.1. The maximum atomic E-state index is 7.39. The van der Waals surface area contributed by atoms with Crippen LogP contribution in [0.1, 0.15) is 48.9 Å². The molecule has 2 aliphatic heterocycles. The zero-order valence-corrected chi connectivity index (χ0v) is 27.1. The highest BCUT2D eigenvalue weighted by atomic mass is 16.7. The SMILES string of the molecule is COCO[C@H](C(COC(c1ccccc1)(c1ccccc1)c1ccccc1)C1=COC(C)(C)O1)C1CCCN1Cc1ccccc1. The second-order valence-corrected chi connectivity index (χ2v) is 12.5. The van der Waals surface area contributed by atoms with Crippen molar-refractivity contribution in [1.29, 1.82) is 0 Å². The zero-order valence-electron chi connectivity index (χ0n) is 27.1. The third-order valence-corrected chi connectivity index (χ3v) is 9.01. The van der Waals surface area contributed by atoms with Gasteiger partial charge < -0.3 is 23.7 Å². The number of benzene rings is 4. The van der Waals surface area contributed by atoms with Crippen molar-refractivity contribution < 1.29 is 23.7 Å². The standard InChI is InChI=1S/C40H45NO5/c1-39(2)44-29-37(46-39)35(38(43-30-42-3)36-25-16-26-41(36)27-31-17-8-4-9-18-31)28-45-40(32-19-10-5-11-20-32,33-21-12-6-13-22-33)34-23-14-7-15-24-34/h4-15,17-24,29,35-36,38H,16,25-28,30H2,1-3H3/t35?,36?,38-/m1/s1. The van der Waals surface area contributed by atoms with Crippen molar-refractivity contribution in [2.24, 2.45) is 5.92 Å². The Balaban J connectivity index is 1.42. The molecule has 0 aromatic heterocycles. The molecule has 4 aromatic carbocycles.